The second kappa shape index (κ2) is 8.92. The molecule has 1 N–H and O–H groups in total. The molecule has 1 heterocycles. The van der Waals surface area contributed by atoms with E-state index in [1.807, 2.05) is 5.38 Å². The number of nitrogens with one attached hydrogen (secondary N) is 1. The lowest BCUT2D eigenvalue weighted by atomic mass is 10.1. The van der Waals surface area contributed by atoms with Crippen LogP contribution < -0.4 is 14.8 Å². The van der Waals surface area contributed by atoms with Crippen LogP contribution in [0, 0.1) is 6.92 Å². The van der Waals surface area contributed by atoms with Crippen LogP contribution >= 0.6 is 23.1 Å². The van der Waals surface area contributed by atoms with Crippen molar-refractivity contribution in [1.29, 1.82) is 0 Å². The van der Waals surface area contributed by atoms with E-state index in [-0.39, 0.29) is 11.7 Å². The Morgan fingerprint density at radius 2 is 1.93 bits per heavy atom. The Balaban J connectivity index is 1.61. The number of thiazole rings is 1. The number of amides is 1. The molecule has 1 amide bonds. The van der Waals surface area contributed by atoms with E-state index >= 15 is 0 Å². The third kappa shape index (κ3) is 5.02. The monoisotopic (exact) mass is 400 g/mol. The number of rotatable bonds is 7. The van der Waals surface area contributed by atoms with E-state index in [0.29, 0.717) is 17.2 Å². The van der Waals surface area contributed by atoms with Crippen LogP contribution in [0.25, 0.3) is 11.3 Å². The highest BCUT2D eigenvalue weighted by molar-refractivity contribution is 8.01. The standard InChI is InChI=1S/C20H20N2O3S2/c1-13-4-6-14(7-5-13)17-11-26-20(22-17)27-12-19(23)21-16-10-15(24-2)8-9-18(16)25-3/h4-11H,12H2,1-3H3,(H,21,23). The van der Waals surface area contributed by atoms with Gasteiger partial charge in [-0.1, -0.05) is 41.6 Å². The lowest BCUT2D eigenvalue weighted by Crippen LogP contribution is -2.14. The van der Waals surface area contributed by atoms with Crippen molar-refractivity contribution < 1.29 is 14.3 Å². The molecule has 140 valence electrons. The Kier molecular flexibility index (Phi) is 6.36. The zero-order valence-electron chi connectivity index (χ0n) is 15.3. The van der Waals surface area contributed by atoms with Gasteiger partial charge in [-0.15, -0.1) is 11.3 Å². The molecule has 7 heteroatoms. The molecule has 2 aromatic carbocycles. The van der Waals surface area contributed by atoms with Gasteiger partial charge in [-0.3, -0.25) is 4.79 Å². The van der Waals surface area contributed by atoms with Crippen LogP contribution in [-0.2, 0) is 4.79 Å². The van der Waals surface area contributed by atoms with Crippen molar-refractivity contribution in [3.63, 3.8) is 0 Å². The lowest BCUT2D eigenvalue weighted by Gasteiger charge is -2.11. The molecule has 0 aliphatic heterocycles. The van der Waals surface area contributed by atoms with Crippen LogP contribution in [0.4, 0.5) is 5.69 Å². The number of hydrogen-bond donors (Lipinski definition) is 1. The zero-order chi connectivity index (χ0) is 19.2. The van der Waals surface area contributed by atoms with Crippen molar-refractivity contribution in [2.45, 2.75) is 11.3 Å². The Morgan fingerprint density at radius 1 is 1.15 bits per heavy atom. The molecule has 0 bridgehead atoms. The first-order valence-corrected chi connectivity index (χ1v) is 10.1. The largest absolute Gasteiger partial charge is 0.497 e. The van der Waals surface area contributed by atoms with Gasteiger partial charge < -0.3 is 14.8 Å². The third-order valence-electron chi connectivity index (χ3n) is 3.84. The fraction of sp³-hybridized carbons (Fsp3) is 0.200. The van der Waals surface area contributed by atoms with E-state index in [0.717, 1.165) is 15.6 Å². The van der Waals surface area contributed by atoms with Gasteiger partial charge in [0.1, 0.15) is 11.5 Å². The van der Waals surface area contributed by atoms with E-state index in [4.69, 9.17) is 9.47 Å². The van der Waals surface area contributed by atoms with Crippen molar-refractivity contribution >= 4 is 34.7 Å². The second-order valence-electron chi connectivity index (χ2n) is 5.77. The molecule has 0 spiro atoms. The summed E-state index contributed by atoms with van der Waals surface area (Å²) in [5, 5.41) is 4.87. The summed E-state index contributed by atoms with van der Waals surface area (Å²) in [6.07, 6.45) is 0. The van der Waals surface area contributed by atoms with Gasteiger partial charge >= 0.3 is 0 Å². The Bertz CT molecular complexity index is 923. The van der Waals surface area contributed by atoms with Crippen LogP contribution in [0.3, 0.4) is 0 Å². The third-order valence-corrected chi connectivity index (χ3v) is 5.86. The number of aryl methyl sites for hydroxylation is 1. The molecule has 0 aliphatic carbocycles. The summed E-state index contributed by atoms with van der Waals surface area (Å²) < 4.78 is 11.3. The number of nitrogens with zero attached hydrogens (tertiary/aromatic N) is 1. The smallest absolute Gasteiger partial charge is 0.234 e. The summed E-state index contributed by atoms with van der Waals surface area (Å²) >= 11 is 2.95. The van der Waals surface area contributed by atoms with E-state index in [1.165, 1.54) is 28.7 Å². The summed E-state index contributed by atoms with van der Waals surface area (Å²) in [4.78, 5) is 16.9. The highest BCUT2D eigenvalue weighted by atomic mass is 32.2. The molecule has 3 rings (SSSR count). The van der Waals surface area contributed by atoms with E-state index in [1.54, 1.807) is 32.4 Å². The van der Waals surface area contributed by atoms with Crippen molar-refractivity contribution in [3.8, 4) is 22.8 Å². The Morgan fingerprint density at radius 3 is 2.63 bits per heavy atom. The highest BCUT2D eigenvalue weighted by Crippen LogP contribution is 2.31. The number of aromatic nitrogens is 1. The van der Waals surface area contributed by atoms with Gasteiger partial charge in [0.2, 0.25) is 5.91 Å². The van der Waals surface area contributed by atoms with Gasteiger partial charge in [0.15, 0.2) is 4.34 Å². The summed E-state index contributed by atoms with van der Waals surface area (Å²) in [5.41, 5.74) is 3.81. The molecule has 1 aromatic heterocycles. The van der Waals surface area contributed by atoms with Crippen LogP contribution in [0.5, 0.6) is 11.5 Å². The Labute approximate surface area is 166 Å². The maximum Gasteiger partial charge on any atom is 0.234 e. The number of anilines is 1. The van der Waals surface area contributed by atoms with Gasteiger partial charge in [-0.2, -0.15) is 0 Å². The molecule has 0 saturated carbocycles. The summed E-state index contributed by atoms with van der Waals surface area (Å²) in [5.74, 6) is 1.38. The zero-order valence-corrected chi connectivity index (χ0v) is 16.9. The maximum absolute atomic E-state index is 12.3. The fourth-order valence-corrected chi connectivity index (χ4v) is 4.04. The average Bonchev–Trinajstić information content (AvgIpc) is 3.16. The predicted octanol–water partition coefficient (Wildman–Crippen LogP) is 4.87. The molecule has 0 atom stereocenters. The average molecular weight is 401 g/mol. The number of benzene rings is 2. The van der Waals surface area contributed by atoms with Gasteiger partial charge in [-0.05, 0) is 19.1 Å². The molecular weight excluding hydrogens is 380 g/mol. The lowest BCUT2D eigenvalue weighted by molar-refractivity contribution is -0.113. The van der Waals surface area contributed by atoms with E-state index < -0.39 is 0 Å². The highest BCUT2D eigenvalue weighted by Gasteiger charge is 2.11. The van der Waals surface area contributed by atoms with Gasteiger partial charge in [0.05, 0.1) is 31.4 Å². The molecule has 0 fully saturated rings. The minimum Gasteiger partial charge on any atom is -0.497 e. The minimum absolute atomic E-state index is 0.126. The van der Waals surface area contributed by atoms with Crippen LogP contribution in [0.1, 0.15) is 5.56 Å². The SMILES string of the molecule is COc1ccc(OC)c(NC(=O)CSc2nc(-c3ccc(C)cc3)cs2)c1. The molecule has 0 unspecified atom stereocenters. The molecular formula is C20H20N2O3S2. The van der Waals surface area contributed by atoms with Crippen LogP contribution in [-0.4, -0.2) is 30.9 Å². The van der Waals surface area contributed by atoms with Crippen LogP contribution in [0.15, 0.2) is 52.2 Å². The summed E-state index contributed by atoms with van der Waals surface area (Å²) in [7, 11) is 3.14. The van der Waals surface area contributed by atoms with Crippen molar-refractivity contribution in [2.24, 2.45) is 0 Å². The first-order chi connectivity index (χ1) is 13.1. The maximum atomic E-state index is 12.3. The van der Waals surface area contributed by atoms with Gasteiger partial charge in [0, 0.05) is 17.0 Å². The van der Waals surface area contributed by atoms with Crippen molar-refractivity contribution in [3.05, 3.63) is 53.4 Å². The van der Waals surface area contributed by atoms with E-state index in [2.05, 4.69) is 41.5 Å². The number of methoxy groups -OCH3 is 2. The molecule has 27 heavy (non-hydrogen) atoms. The molecule has 0 saturated heterocycles. The summed E-state index contributed by atoms with van der Waals surface area (Å²) in [6, 6.07) is 13.5. The quantitative estimate of drug-likeness (QED) is 0.574. The van der Waals surface area contributed by atoms with Crippen molar-refractivity contribution in [1.82, 2.24) is 4.98 Å². The first-order valence-electron chi connectivity index (χ1n) is 8.26. The molecule has 5 nitrogen and oxygen atoms in total. The van der Waals surface area contributed by atoms with Crippen LogP contribution in [0.2, 0.25) is 0 Å². The van der Waals surface area contributed by atoms with Gasteiger partial charge in [0.25, 0.3) is 0 Å². The minimum atomic E-state index is -0.126. The first kappa shape index (κ1) is 19.3. The fourth-order valence-electron chi connectivity index (χ4n) is 2.41. The predicted molar refractivity (Wildman–Crippen MR) is 111 cm³/mol. The molecule has 0 radical (unpaired) electrons. The number of carbonyl (C=O) groups excluding carboxylic acids is 1. The number of hydrogen-bond acceptors (Lipinski definition) is 6. The topological polar surface area (TPSA) is 60.5 Å². The number of thioether (sulfide) groups is 1. The molecule has 0 aliphatic rings. The van der Waals surface area contributed by atoms with Crippen molar-refractivity contribution in [2.75, 3.05) is 25.3 Å². The summed E-state index contributed by atoms with van der Waals surface area (Å²) in [6.45, 7) is 2.06. The number of ether oxygens (including phenoxy) is 2. The number of carbonyl (C=O) groups is 1. The van der Waals surface area contributed by atoms with E-state index in [9.17, 15) is 4.79 Å². The normalized spacial score (nSPS) is 10.5. The van der Waals surface area contributed by atoms with Gasteiger partial charge in [-0.25, -0.2) is 4.98 Å². The molecule has 3 aromatic rings. The Hall–Kier alpha value is -2.51. The second-order valence-corrected chi connectivity index (χ2v) is 7.85.